The van der Waals surface area contributed by atoms with Crippen molar-refractivity contribution in [2.24, 2.45) is 28.6 Å². The normalized spacial score (nSPS) is 52.2. The Labute approximate surface area is 124 Å². The first-order valence-electron chi connectivity index (χ1n) is 8.67. The zero-order valence-corrected chi connectivity index (χ0v) is 13.5. The maximum absolute atomic E-state index is 9.97. The lowest BCUT2D eigenvalue weighted by atomic mass is 9.44. The summed E-state index contributed by atoms with van der Waals surface area (Å²) >= 11 is 0. The molecule has 0 aliphatic heterocycles. The lowest BCUT2D eigenvalue weighted by Gasteiger charge is -2.61. The molecule has 3 rings (SSSR count). The molecule has 5 unspecified atom stereocenters. The largest absolute Gasteiger partial charge is 0.396 e. The van der Waals surface area contributed by atoms with Gasteiger partial charge >= 0.3 is 0 Å². The summed E-state index contributed by atoms with van der Waals surface area (Å²) in [6.07, 6.45) is 11.0. The Morgan fingerprint density at radius 2 is 1.85 bits per heavy atom. The van der Waals surface area contributed by atoms with Gasteiger partial charge in [0.05, 0.1) is 6.10 Å². The molecule has 0 amide bonds. The second-order valence-corrected chi connectivity index (χ2v) is 8.34. The lowest BCUT2D eigenvalue weighted by molar-refractivity contribution is -0.144. The lowest BCUT2D eigenvalue weighted by Crippen LogP contribution is -2.55. The molecule has 0 spiro atoms. The van der Waals surface area contributed by atoms with Crippen LogP contribution in [-0.2, 0) is 4.74 Å². The molecule has 3 fully saturated rings. The molecule has 3 aliphatic carbocycles. The summed E-state index contributed by atoms with van der Waals surface area (Å²) in [4.78, 5) is 0. The van der Waals surface area contributed by atoms with Crippen LogP contribution in [0.5, 0.6) is 0 Å². The summed E-state index contributed by atoms with van der Waals surface area (Å²) in [6.45, 7) is 5.25. The van der Waals surface area contributed by atoms with Crippen molar-refractivity contribution in [2.45, 2.75) is 71.3 Å². The molecule has 116 valence electrons. The zero-order valence-electron chi connectivity index (χ0n) is 13.5. The van der Waals surface area contributed by atoms with E-state index in [1.165, 1.54) is 51.4 Å². The van der Waals surface area contributed by atoms with E-state index in [2.05, 4.69) is 13.8 Å². The van der Waals surface area contributed by atoms with Gasteiger partial charge in [-0.05, 0) is 73.5 Å². The average molecular weight is 280 g/mol. The van der Waals surface area contributed by atoms with Gasteiger partial charge in [-0.25, -0.2) is 0 Å². The highest BCUT2D eigenvalue weighted by molar-refractivity contribution is 5.06. The Kier molecular flexibility index (Phi) is 3.92. The van der Waals surface area contributed by atoms with Crippen LogP contribution in [0.15, 0.2) is 0 Å². The molecule has 1 N–H and O–H groups in total. The van der Waals surface area contributed by atoms with E-state index in [1.807, 2.05) is 7.11 Å². The van der Waals surface area contributed by atoms with Gasteiger partial charge in [0, 0.05) is 13.7 Å². The maximum Gasteiger partial charge on any atom is 0.0574 e. The highest BCUT2D eigenvalue weighted by Crippen LogP contribution is 2.63. The Bertz CT molecular complexity index is 355. The van der Waals surface area contributed by atoms with E-state index in [0.29, 0.717) is 24.0 Å². The first kappa shape index (κ1) is 14.8. The molecular formula is C18H32O2. The van der Waals surface area contributed by atoms with Crippen molar-refractivity contribution < 1.29 is 9.84 Å². The van der Waals surface area contributed by atoms with Crippen molar-refractivity contribution in [3.8, 4) is 0 Å². The van der Waals surface area contributed by atoms with E-state index in [-0.39, 0.29) is 5.41 Å². The van der Waals surface area contributed by atoms with E-state index in [9.17, 15) is 5.11 Å². The summed E-state index contributed by atoms with van der Waals surface area (Å²) in [6, 6.07) is 0. The van der Waals surface area contributed by atoms with Crippen LogP contribution >= 0.6 is 0 Å². The first-order valence-corrected chi connectivity index (χ1v) is 8.67. The van der Waals surface area contributed by atoms with E-state index < -0.39 is 0 Å². The van der Waals surface area contributed by atoms with Crippen LogP contribution in [0.4, 0.5) is 0 Å². The van der Waals surface area contributed by atoms with Crippen molar-refractivity contribution in [2.75, 3.05) is 13.7 Å². The average Bonchev–Trinajstić information content (AvgIpc) is 2.46. The smallest absolute Gasteiger partial charge is 0.0574 e. The van der Waals surface area contributed by atoms with E-state index >= 15 is 0 Å². The summed E-state index contributed by atoms with van der Waals surface area (Å²) in [5, 5.41) is 9.97. The monoisotopic (exact) mass is 280 g/mol. The van der Waals surface area contributed by atoms with Gasteiger partial charge in [-0.15, -0.1) is 0 Å². The minimum atomic E-state index is 0.165. The van der Waals surface area contributed by atoms with E-state index in [4.69, 9.17) is 4.74 Å². The Morgan fingerprint density at radius 1 is 1.10 bits per heavy atom. The number of hydrogen-bond donors (Lipinski definition) is 1. The Morgan fingerprint density at radius 3 is 2.55 bits per heavy atom. The second-order valence-electron chi connectivity index (χ2n) is 8.34. The fourth-order valence-corrected chi connectivity index (χ4v) is 6.27. The van der Waals surface area contributed by atoms with Crippen LogP contribution in [0.1, 0.15) is 65.2 Å². The van der Waals surface area contributed by atoms with Gasteiger partial charge < -0.3 is 9.84 Å². The quantitative estimate of drug-likeness (QED) is 0.828. The van der Waals surface area contributed by atoms with E-state index in [0.717, 1.165) is 11.8 Å². The molecule has 0 radical (unpaired) electrons. The molecule has 20 heavy (non-hydrogen) atoms. The first-order chi connectivity index (χ1) is 9.53. The number of methoxy groups -OCH3 is 1. The van der Waals surface area contributed by atoms with Crippen LogP contribution in [0.25, 0.3) is 0 Å². The van der Waals surface area contributed by atoms with Crippen LogP contribution < -0.4 is 0 Å². The molecule has 0 aromatic carbocycles. The topological polar surface area (TPSA) is 29.5 Å². The third kappa shape index (κ3) is 2.14. The Balaban J connectivity index is 1.88. The molecule has 0 aromatic heterocycles. The SMILES string of the molecule is COC1CCC2CCC3C(C)(CCC[C@]3(C)CO)C2C1. The standard InChI is InChI=1S/C18H32O2/c1-17(12-19)9-4-10-18(2)15-11-14(20-3)7-5-13(15)6-8-16(17)18/h13-16,19H,4-12H2,1-3H3/t13?,14?,15?,16?,17-,18?/m1/s1. The van der Waals surface area contributed by atoms with Gasteiger partial charge in [-0.1, -0.05) is 20.3 Å². The zero-order chi connectivity index (χ0) is 14.4. The van der Waals surface area contributed by atoms with Gasteiger partial charge in [-0.2, -0.15) is 0 Å². The summed E-state index contributed by atoms with van der Waals surface area (Å²) in [7, 11) is 1.88. The maximum atomic E-state index is 9.97. The molecule has 0 aromatic rings. The minimum absolute atomic E-state index is 0.165. The van der Waals surface area contributed by atoms with Crippen molar-refractivity contribution >= 4 is 0 Å². The highest BCUT2D eigenvalue weighted by atomic mass is 16.5. The van der Waals surface area contributed by atoms with Crippen molar-refractivity contribution in [1.82, 2.24) is 0 Å². The summed E-state index contributed by atoms with van der Waals surface area (Å²) in [5.41, 5.74) is 0.605. The molecule has 2 nitrogen and oxygen atoms in total. The fourth-order valence-electron chi connectivity index (χ4n) is 6.27. The number of ether oxygens (including phenoxy) is 1. The fraction of sp³-hybridized carbons (Fsp3) is 1.00. The van der Waals surface area contributed by atoms with Crippen LogP contribution in [0, 0.1) is 28.6 Å². The van der Waals surface area contributed by atoms with Gasteiger partial charge in [0.2, 0.25) is 0 Å². The molecule has 0 bridgehead atoms. The summed E-state index contributed by atoms with van der Waals surface area (Å²) < 4.78 is 5.69. The van der Waals surface area contributed by atoms with E-state index in [1.54, 1.807) is 0 Å². The van der Waals surface area contributed by atoms with Crippen LogP contribution in [-0.4, -0.2) is 24.9 Å². The predicted octanol–water partition coefficient (Wildman–Crippen LogP) is 4.02. The van der Waals surface area contributed by atoms with Crippen LogP contribution in [0.3, 0.4) is 0 Å². The third-order valence-corrected chi connectivity index (χ3v) is 7.41. The van der Waals surface area contributed by atoms with Gasteiger partial charge in [0.15, 0.2) is 0 Å². The molecule has 3 saturated carbocycles. The van der Waals surface area contributed by atoms with Crippen molar-refractivity contribution in [3.05, 3.63) is 0 Å². The highest BCUT2D eigenvalue weighted by Gasteiger charge is 2.56. The number of aliphatic hydroxyl groups is 1. The number of rotatable bonds is 2. The van der Waals surface area contributed by atoms with Crippen molar-refractivity contribution in [3.63, 3.8) is 0 Å². The van der Waals surface area contributed by atoms with Gasteiger partial charge in [-0.3, -0.25) is 0 Å². The van der Waals surface area contributed by atoms with Gasteiger partial charge in [0.25, 0.3) is 0 Å². The minimum Gasteiger partial charge on any atom is -0.396 e. The Hall–Kier alpha value is -0.0800. The number of hydrogen-bond acceptors (Lipinski definition) is 2. The molecule has 2 heteroatoms. The predicted molar refractivity (Wildman–Crippen MR) is 81.5 cm³/mol. The molecule has 0 saturated heterocycles. The molecular weight excluding hydrogens is 248 g/mol. The molecule has 6 atom stereocenters. The van der Waals surface area contributed by atoms with Crippen molar-refractivity contribution in [1.29, 1.82) is 0 Å². The summed E-state index contributed by atoms with van der Waals surface area (Å²) in [5.74, 6) is 2.46. The number of aliphatic hydroxyl groups excluding tert-OH is 1. The molecule has 0 heterocycles. The van der Waals surface area contributed by atoms with Crippen LogP contribution in [0.2, 0.25) is 0 Å². The number of fused-ring (bicyclic) bond motifs is 3. The second kappa shape index (κ2) is 5.28. The molecule has 3 aliphatic rings. The third-order valence-electron chi connectivity index (χ3n) is 7.41. The van der Waals surface area contributed by atoms with Gasteiger partial charge in [0.1, 0.15) is 0 Å².